The summed E-state index contributed by atoms with van der Waals surface area (Å²) in [4.78, 5) is 22.2. The van der Waals surface area contributed by atoms with Crippen molar-refractivity contribution in [2.24, 2.45) is 0 Å². The number of fused-ring (bicyclic) bond motifs is 1. The van der Waals surface area contributed by atoms with Crippen LogP contribution in [0.2, 0.25) is 5.02 Å². The zero-order chi connectivity index (χ0) is 26.8. The first-order chi connectivity index (χ1) is 18.4. The van der Waals surface area contributed by atoms with E-state index in [1.54, 1.807) is 61.6 Å². The van der Waals surface area contributed by atoms with E-state index in [9.17, 15) is 9.18 Å². The number of nitrogens with one attached hydrogen (secondary N) is 1. The summed E-state index contributed by atoms with van der Waals surface area (Å²) in [6, 6.07) is 13.4. The number of benzene rings is 3. The van der Waals surface area contributed by atoms with Gasteiger partial charge in [-0.1, -0.05) is 24.2 Å². The molecule has 38 heavy (non-hydrogen) atoms. The molecule has 10 heteroatoms. The first-order valence-electron chi connectivity index (χ1n) is 11.7. The van der Waals surface area contributed by atoms with Crippen molar-refractivity contribution in [1.29, 1.82) is 0 Å². The lowest BCUT2D eigenvalue weighted by atomic mass is 10.0. The Balaban J connectivity index is 1.49. The fraction of sp³-hybridized carbons (Fsp3) is 0.179. The van der Waals surface area contributed by atoms with Gasteiger partial charge in [0.05, 0.1) is 38.5 Å². The second-order valence-electron chi connectivity index (χ2n) is 8.59. The number of nitrogens with zero attached hydrogens (tertiary/aromatic N) is 3. The van der Waals surface area contributed by atoms with Gasteiger partial charge in [0.2, 0.25) is 5.91 Å². The number of amides is 1. The van der Waals surface area contributed by atoms with Gasteiger partial charge >= 0.3 is 0 Å². The number of likely N-dealkylation sites (tertiary alicyclic amines) is 1. The van der Waals surface area contributed by atoms with Crippen molar-refractivity contribution in [3.05, 3.63) is 78.4 Å². The number of aromatic nitrogens is 2. The molecular formula is C28H24ClFN4O4. The molecule has 0 atom stereocenters. The molecule has 0 bridgehead atoms. The molecule has 0 unspecified atom stereocenters. The van der Waals surface area contributed by atoms with E-state index in [0.717, 1.165) is 0 Å². The fourth-order valence-electron chi connectivity index (χ4n) is 4.24. The summed E-state index contributed by atoms with van der Waals surface area (Å²) in [7, 11) is 3.10. The van der Waals surface area contributed by atoms with E-state index in [2.05, 4.69) is 21.9 Å². The molecule has 1 saturated heterocycles. The van der Waals surface area contributed by atoms with Gasteiger partial charge in [-0.25, -0.2) is 14.4 Å². The molecule has 0 radical (unpaired) electrons. The third kappa shape index (κ3) is 4.92. The Morgan fingerprint density at radius 2 is 1.87 bits per heavy atom. The smallest absolute Gasteiger partial charge is 0.246 e. The third-order valence-corrected chi connectivity index (χ3v) is 6.48. The lowest BCUT2D eigenvalue weighted by Gasteiger charge is -2.38. The highest BCUT2D eigenvalue weighted by atomic mass is 35.5. The minimum atomic E-state index is -0.431. The molecule has 0 saturated carbocycles. The van der Waals surface area contributed by atoms with E-state index in [0.29, 0.717) is 68.9 Å². The molecule has 1 aliphatic rings. The highest BCUT2D eigenvalue weighted by Crippen LogP contribution is 2.38. The largest absolute Gasteiger partial charge is 0.495 e. The monoisotopic (exact) mass is 534 g/mol. The summed E-state index contributed by atoms with van der Waals surface area (Å²) < 4.78 is 31.8. The van der Waals surface area contributed by atoms with E-state index in [4.69, 9.17) is 25.8 Å². The van der Waals surface area contributed by atoms with Crippen molar-refractivity contribution >= 4 is 39.9 Å². The zero-order valence-corrected chi connectivity index (χ0v) is 21.5. The first-order valence-corrected chi connectivity index (χ1v) is 12.1. The Kier molecular flexibility index (Phi) is 7.02. The van der Waals surface area contributed by atoms with Crippen LogP contribution in [0.5, 0.6) is 17.2 Å². The lowest BCUT2D eigenvalue weighted by molar-refractivity contribution is -0.134. The van der Waals surface area contributed by atoms with Gasteiger partial charge in [-0.05, 0) is 48.0 Å². The van der Waals surface area contributed by atoms with Crippen molar-refractivity contribution in [1.82, 2.24) is 14.9 Å². The Bertz CT molecular complexity index is 1540. The van der Waals surface area contributed by atoms with Crippen LogP contribution in [0.25, 0.3) is 22.0 Å². The summed E-state index contributed by atoms with van der Waals surface area (Å²) in [6.07, 6.45) is 2.54. The topological polar surface area (TPSA) is 85.8 Å². The molecule has 5 rings (SSSR count). The Morgan fingerprint density at radius 3 is 2.58 bits per heavy atom. The SMILES string of the molecule is C=CC(=O)N1CC(Oc2cc3c(Nc4cc(-c5ccc(Cl)cc5F)ccc4OC)ncnc3cc2OC)C1. The summed E-state index contributed by atoms with van der Waals surface area (Å²) in [5, 5.41) is 4.29. The van der Waals surface area contributed by atoms with Gasteiger partial charge in [0.25, 0.3) is 0 Å². The lowest BCUT2D eigenvalue weighted by Crippen LogP contribution is -2.55. The standard InChI is InChI=1S/C28H24ClFN4O4/c1-4-27(35)34-13-18(14-34)38-26-11-20-22(12-25(26)37-3)31-15-32-28(20)33-23-9-16(5-8-24(23)36-2)19-7-6-17(29)10-21(19)30/h4-12,15,18H,1,13-14H2,2-3H3,(H,31,32,33). The normalized spacial score (nSPS) is 13.1. The van der Waals surface area contributed by atoms with E-state index < -0.39 is 5.82 Å². The molecule has 1 amide bonds. The summed E-state index contributed by atoms with van der Waals surface area (Å²) in [5.41, 5.74) is 2.24. The number of carbonyl (C=O) groups is 1. The van der Waals surface area contributed by atoms with E-state index in [1.165, 1.54) is 18.5 Å². The average molecular weight is 535 g/mol. The number of rotatable bonds is 8. The highest BCUT2D eigenvalue weighted by Gasteiger charge is 2.31. The predicted molar refractivity (Wildman–Crippen MR) is 144 cm³/mol. The van der Waals surface area contributed by atoms with Crippen molar-refractivity contribution in [2.45, 2.75) is 6.10 Å². The van der Waals surface area contributed by atoms with Crippen molar-refractivity contribution in [3.8, 4) is 28.4 Å². The van der Waals surface area contributed by atoms with E-state index >= 15 is 0 Å². The minimum Gasteiger partial charge on any atom is -0.495 e. The van der Waals surface area contributed by atoms with Crippen LogP contribution in [0.15, 0.2) is 67.5 Å². The van der Waals surface area contributed by atoms with Crippen molar-refractivity contribution in [2.75, 3.05) is 32.6 Å². The molecule has 1 aromatic heterocycles. The Hall–Kier alpha value is -4.37. The van der Waals surface area contributed by atoms with Crippen LogP contribution in [-0.2, 0) is 4.79 Å². The number of methoxy groups -OCH3 is 2. The molecule has 8 nitrogen and oxygen atoms in total. The van der Waals surface area contributed by atoms with Crippen LogP contribution in [0, 0.1) is 5.82 Å². The predicted octanol–water partition coefficient (Wildman–Crippen LogP) is 5.63. The van der Waals surface area contributed by atoms with Gasteiger partial charge in [0, 0.05) is 22.0 Å². The molecule has 4 aromatic rings. The number of anilines is 2. The highest BCUT2D eigenvalue weighted by molar-refractivity contribution is 6.30. The van der Waals surface area contributed by atoms with Gasteiger partial charge in [-0.2, -0.15) is 0 Å². The number of halogens is 2. The number of hydrogen-bond acceptors (Lipinski definition) is 7. The second kappa shape index (κ2) is 10.5. The maximum Gasteiger partial charge on any atom is 0.246 e. The third-order valence-electron chi connectivity index (χ3n) is 6.24. The second-order valence-corrected chi connectivity index (χ2v) is 9.03. The van der Waals surface area contributed by atoms with Crippen LogP contribution in [0.3, 0.4) is 0 Å². The number of carbonyl (C=O) groups excluding carboxylic acids is 1. The van der Waals surface area contributed by atoms with E-state index in [-0.39, 0.29) is 12.0 Å². The minimum absolute atomic E-state index is 0.134. The van der Waals surface area contributed by atoms with Crippen LogP contribution < -0.4 is 19.5 Å². The molecule has 0 aliphatic carbocycles. The van der Waals surface area contributed by atoms with Crippen LogP contribution >= 0.6 is 11.6 Å². The van der Waals surface area contributed by atoms with Gasteiger partial charge in [-0.3, -0.25) is 4.79 Å². The molecule has 0 spiro atoms. The van der Waals surface area contributed by atoms with Gasteiger partial charge in [0.15, 0.2) is 11.5 Å². The quantitative estimate of drug-likeness (QED) is 0.293. The zero-order valence-electron chi connectivity index (χ0n) is 20.7. The molecule has 1 fully saturated rings. The number of ether oxygens (including phenoxy) is 3. The Morgan fingerprint density at radius 1 is 1.08 bits per heavy atom. The molecule has 194 valence electrons. The average Bonchev–Trinajstić information content (AvgIpc) is 2.90. The summed E-state index contributed by atoms with van der Waals surface area (Å²) >= 11 is 5.93. The van der Waals surface area contributed by atoms with Crippen LogP contribution in [0.1, 0.15) is 0 Å². The number of hydrogen-bond donors (Lipinski definition) is 1. The molecule has 1 N–H and O–H groups in total. The maximum atomic E-state index is 14.6. The van der Waals surface area contributed by atoms with Crippen molar-refractivity contribution < 1.29 is 23.4 Å². The van der Waals surface area contributed by atoms with Gasteiger partial charge < -0.3 is 24.4 Å². The van der Waals surface area contributed by atoms with Gasteiger partial charge in [-0.15, -0.1) is 0 Å². The summed E-state index contributed by atoms with van der Waals surface area (Å²) in [6.45, 7) is 4.42. The molecule has 1 aliphatic heterocycles. The van der Waals surface area contributed by atoms with Gasteiger partial charge in [0.1, 0.15) is 29.8 Å². The molecule has 2 heterocycles. The van der Waals surface area contributed by atoms with E-state index in [1.807, 2.05) is 0 Å². The maximum absolute atomic E-state index is 14.6. The van der Waals surface area contributed by atoms with Crippen LogP contribution in [0.4, 0.5) is 15.9 Å². The van der Waals surface area contributed by atoms with Crippen LogP contribution in [-0.4, -0.2) is 54.2 Å². The summed E-state index contributed by atoms with van der Waals surface area (Å²) in [5.74, 6) is 1.48. The molecule has 3 aromatic carbocycles. The Labute approximate surface area is 223 Å². The first kappa shape index (κ1) is 25.3. The van der Waals surface area contributed by atoms with Crippen molar-refractivity contribution in [3.63, 3.8) is 0 Å². The molecular weight excluding hydrogens is 511 g/mol. The fourth-order valence-corrected chi connectivity index (χ4v) is 4.40.